The molecule has 86 valence electrons. The Morgan fingerprint density at radius 3 is 2.87 bits per heavy atom. The van der Waals surface area contributed by atoms with E-state index in [1.165, 1.54) is 22.8 Å². The second-order valence-corrected chi connectivity index (χ2v) is 6.42. The minimum Gasteiger partial charge on any atom is -0.316 e. The van der Waals surface area contributed by atoms with Crippen molar-refractivity contribution in [1.29, 1.82) is 0 Å². The predicted octanol–water partition coefficient (Wildman–Crippen LogP) is 3.68. The highest BCUT2D eigenvalue weighted by Gasteiger charge is 2.08. The van der Waals surface area contributed by atoms with Crippen molar-refractivity contribution in [3.8, 4) is 0 Å². The van der Waals surface area contributed by atoms with Crippen molar-refractivity contribution >= 4 is 34.7 Å². The van der Waals surface area contributed by atoms with Crippen molar-refractivity contribution in [2.24, 2.45) is 0 Å². The fraction of sp³-hybridized carbons (Fsp3) is 0.636. The third-order valence-electron chi connectivity index (χ3n) is 2.15. The minimum absolute atomic E-state index is 0.566. The molecule has 0 aromatic carbocycles. The van der Waals surface area contributed by atoms with Crippen LogP contribution in [0.25, 0.3) is 0 Å². The summed E-state index contributed by atoms with van der Waals surface area (Å²) in [7, 11) is 2.03. The molecule has 0 radical (unpaired) electrons. The third-order valence-corrected chi connectivity index (χ3v) is 4.74. The third kappa shape index (κ3) is 5.25. The van der Waals surface area contributed by atoms with E-state index in [2.05, 4.69) is 18.3 Å². The van der Waals surface area contributed by atoms with E-state index in [-0.39, 0.29) is 0 Å². The van der Waals surface area contributed by atoms with Crippen LogP contribution in [0.3, 0.4) is 0 Å². The number of likely N-dealkylation sites (N-methyl/N-ethyl adjacent to an activating group) is 1. The Kier molecular flexibility index (Phi) is 6.73. The lowest BCUT2D eigenvalue weighted by atomic mass is 10.2. The van der Waals surface area contributed by atoms with Crippen LogP contribution in [0.15, 0.2) is 12.1 Å². The second kappa shape index (κ2) is 7.55. The molecule has 1 atom stereocenters. The van der Waals surface area contributed by atoms with Crippen LogP contribution in [0.1, 0.15) is 18.2 Å². The van der Waals surface area contributed by atoms with E-state index < -0.39 is 0 Å². The number of rotatable bonds is 7. The maximum atomic E-state index is 5.91. The highest BCUT2D eigenvalue weighted by molar-refractivity contribution is 7.99. The molecule has 1 aromatic rings. The standard InChI is InChI=1S/C11H18ClNS2/c1-3-6-14-8-9(13-2)7-10-4-5-11(12)15-10/h4-5,9,13H,3,6-8H2,1-2H3. The first-order valence-electron chi connectivity index (χ1n) is 5.25. The summed E-state index contributed by atoms with van der Waals surface area (Å²) >= 11 is 9.61. The van der Waals surface area contributed by atoms with Crippen LogP contribution in [0.2, 0.25) is 4.34 Å². The molecule has 0 saturated heterocycles. The van der Waals surface area contributed by atoms with E-state index in [1.807, 2.05) is 24.9 Å². The van der Waals surface area contributed by atoms with Crippen LogP contribution in [0.5, 0.6) is 0 Å². The predicted molar refractivity (Wildman–Crippen MR) is 73.5 cm³/mol. The first kappa shape index (κ1) is 13.4. The molecule has 1 nitrogen and oxygen atoms in total. The topological polar surface area (TPSA) is 12.0 Å². The van der Waals surface area contributed by atoms with Gasteiger partial charge in [-0.2, -0.15) is 11.8 Å². The van der Waals surface area contributed by atoms with Crippen LogP contribution >= 0.6 is 34.7 Å². The Morgan fingerprint density at radius 1 is 1.53 bits per heavy atom. The number of hydrogen-bond donors (Lipinski definition) is 1. The van der Waals surface area contributed by atoms with E-state index in [1.54, 1.807) is 11.3 Å². The smallest absolute Gasteiger partial charge is 0.0931 e. The molecule has 0 aliphatic carbocycles. The molecule has 0 amide bonds. The Labute approximate surface area is 106 Å². The molecule has 1 unspecified atom stereocenters. The zero-order valence-electron chi connectivity index (χ0n) is 9.25. The van der Waals surface area contributed by atoms with Crippen molar-refractivity contribution in [1.82, 2.24) is 5.32 Å². The molecular formula is C11H18ClNS2. The van der Waals surface area contributed by atoms with E-state index in [0.717, 1.165) is 10.8 Å². The molecule has 1 aromatic heterocycles. The Morgan fingerprint density at radius 2 is 2.33 bits per heavy atom. The maximum absolute atomic E-state index is 5.91. The van der Waals surface area contributed by atoms with Crippen molar-refractivity contribution < 1.29 is 0 Å². The molecule has 0 fully saturated rings. The average molecular weight is 264 g/mol. The van der Waals surface area contributed by atoms with Crippen LogP contribution < -0.4 is 5.32 Å². The van der Waals surface area contributed by atoms with Crippen molar-refractivity contribution in [3.63, 3.8) is 0 Å². The van der Waals surface area contributed by atoms with Gasteiger partial charge in [0.1, 0.15) is 0 Å². The molecule has 0 bridgehead atoms. The van der Waals surface area contributed by atoms with Crippen molar-refractivity contribution in [2.75, 3.05) is 18.6 Å². The average Bonchev–Trinajstić information content (AvgIpc) is 2.63. The molecule has 1 N–H and O–H groups in total. The summed E-state index contributed by atoms with van der Waals surface area (Å²) in [6.07, 6.45) is 2.34. The lowest BCUT2D eigenvalue weighted by Crippen LogP contribution is -2.29. The quantitative estimate of drug-likeness (QED) is 0.754. The summed E-state index contributed by atoms with van der Waals surface area (Å²) < 4.78 is 0.890. The minimum atomic E-state index is 0.566. The van der Waals surface area contributed by atoms with Gasteiger partial charge in [0, 0.05) is 16.7 Å². The summed E-state index contributed by atoms with van der Waals surface area (Å²) in [5.74, 6) is 2.43. The van der Waals surface area contributed by atoms with Crippen LogP contribution in [0.4, 0.5) is 0 Å². The fourth-order valence-electron chi connectivity index (χ4n) is 1.32. The van der Waals surface area contributed by atoms with Crippen molar-refractivity contribution in [3.05, 3.63) is 21.3 Å². The fourth-order valence-corrected chi connectivity index (χ4v) is 3.51. The van der Waals surface area contributed by atoms with E-state index in [9.17, 15) is 0 Å². The van der Waals surface area contributed by atoms with Gasteiger partial charge in [-0.05, 0) is 37.8 Å². The molecular weight excluding hydrogens is 246 g/mol. The van der Waals surface area contributed by atoms with Gasteiger partial charge in [0.15, 0.2) is 0 Å². The summed E-state index contributed by atoms with van der Waals surface area (Å²) in [4.78, 5) is 1.37. The van der Waals surface area contributed by atoms with Crippen LogP contribution in [-0.4, -0.2) is 24.6 Å². The Balaban J connectivity index is 2.33. The first-order valence-corrected chi connectivity index (χ1v) is 7.60. The molecule has 1 rings (SSSR count). The van der Waals surface area contributed by atoms with Crippen LogP contribution in [-0.2, 0) is 6.42 Å². The molecule has 0 aliphatic heterocycles. The lowest BCUT2D eigenvalue weighted by Gasteiger charge is -2.14. The number of halogens is 1. The monoisotopic (exact) mass is 263 g/mol. The SMILES string of the molecule is CCCSCC(Cc1ccc(Cl)s1)NC. The Hall–Kier alpha value is 0.300. The van der Waals surface area contributed by atoms with Gasteiger partial charge in [0.2, 0.25) is 0 Å². The van der Waals surface area contributed by atoms with Gasteiger partial charge >= 0.3 is 0 Å². The highest BCUT2D eigenvalue weighted by atomic mass is 35.5. The largest absolute Gasteiger partial charge is 0.316 e. The number of hydrogen-bond acceptors (Lipinski definition) is 3. The Bertz CT molecular complexity index is 275. The zero-order chi connectivity index (χ0) is 11.1. The number of thioether (sulfide) groups is 1. The molecule has 0 spiro atoms. The van der Waals surface area contributed by atoms with Gasteiger partial charge < -0.3 is 5.32 Å². The van der Waals surface area contributed by atoms with Crippen LogP contribution in [0, 0.1) is 0 Å². The van der Waals surface area contributed by atoms with Gasteiger partial charge in [0.25, 0.3) is 0 Å². The molecule has 15 heavy (non-hydrogen) atoms. The summed E-state index contributed by atoms with van der Waals surface area (Å²) in [5, 5.41) is 3.36. The molecule has 0 aliphatic rings. The van der Waals surface area contributed by atoms with Gasteiger partial charge in [0.05, 0.1) is 4.34 Å². The highest BCUT2D eigenvalue weighted by Crippen LogP contribution is 2.23. The lowest BCUT2D eigenvalue weighted by molar-refractivity contribution is 0.622. The zero-order valence-corrected chi connectivity index (χ0v) is 11.6. The molecule has 4 heteroatoms. The number of thiophene rings is 1. The van der Waals surface area contributed by atoms with Gasteiger partial charge in [-0.1, -0.05) is 18.5 Å². The second-order valence-electron chi connectivity index (χ2n) is 3.47. The van der Waals surface area contributed by atoms with E-state index in [0.29, 0.717) is 6.04 Å². The van der Waals surface area contributed by atoms with Gasteiger partial charge in [-0.25, -0.2) is 0 Å². The van der Waals surface area contributed by atoms with Gasteiger partial charge in [-0.3, -0.25) is 0 Å². The van der Waals surface area contributed by atoms with E-state index in [4.69, 9.17) is 11.6 Å². The maximum Gasteiger partial charge on any atom is 0.0931 e. The summed E-state index contributed by atoms with van der Waals surface area (Å²) in [5.41, 5.74) is 0. The van der Waals surface area contributed by atoms with Crippen molar-refractivity contribution in [2.45, 2.75) is 25.8 Å². The summed E-state index contributed by atoms with van der Waals surface area (Å²) in [6, 6.07) is 4.67. The molecule has 0 saturated carbocycles. The number of nitrogens with one attached hydrogen (secondary N) is 1. The molecule has 1 heterocycles. The van der Waals surface area contributed by atoms with Gasteiger partial charge in [-0.15, -0.1) is 11.3 Å². The normalized spacial score (nSPS) is 13.0. The first-order chi connectivity index (χ1) is 7.26. The van der Waals surface area contributed by atoms with E-state index >= 15 is 0 Å². The summed E-state index contributed by atoms with van der Waals surface area (Å²) in [6.45, 7) is 2.22.